The smallest absolute Gasteiger partial charge is 0.191 e. The largest absolute Gasteiger partial charge is 0.393 e. The highest BCUT2D eigenvalue weighted by Crippen LogP contribution is 2.19. The van der Waals surface area contributed by atoms with Crippen molar-refractivity contribution in [2.45, 2.75) is 76.9 Å². The summed E-state index contributed by atoms with van der Waals surface area (Å²) in [6.45, 7) is 8.47. The predicted octanol–water partition coefficient (Wildman–Crippen LogP) is 2.75. The third-order valence-corrected chi connectivity index (χ3v) is 5.35. The van der Waals surface area contributed by atoms with Gasteiger partial charge in [0.05, 0.1) is 18.8 Å². The lowest BCUT2D eigenvalue weighted by Crippen LogP contribution is -2.39. The van der Waals surface area contributed by atoms with Crippen LogP contribution < -0.4 is 10.6 Å². The maximum atomic E-state index is 9.55. The van der Waals surface area contributed by atoms with Gasteiger partial charge in [0.2, 0.25) is 0 Å². The van der Waals surface area contributed by atoms with Crippen molar-refractivity contribution in [3.05, 3.63) is 0 Å². The molecule has 0 bridgehead atoms. The minimum absolute atomic E-state index is 0. The number of nitrogens with one attached hydrogen (secondary N) is 2. The Morgan fingerprint density at radius 3 is 2.44 bits per heavy atom. The van der Waals surface area contributed by atoms with Crippen LogP contribution in [0.4, 0.5) is 0 Å². The van der Waals surface area contributed by atoms with Crippen molar-refractivity contribution in [2.75, 3.05) is 45.9 Å². The van der Waals surface area contributed by atoms with Crippen LogP contribution in [0.3, 0.4) is 0 Å². The van der Waals surface area contributed by atoms with Gasteiger partial charge in [-0.25, -0.2) is 0 Å². The third kappa shape index (κ3) is 11.5. The molecule has 0 aromatic carbocycles. The molecule has 1 aliphatic carbocycles. The molecular formula is C20H41IN4O2. The molecule has 1 saturated carbocycles. The summed E-state index contributed by atoms with van der Waals surface area (Å²) in [6, 6.07) is 0. The number of aliphatic imine (C=N–C) groups is 1. The molecule has 0 atom stereocenters. The van der Waals surface area contributed by atoms with E-state index in [0.29, 0.717) is 6.10 Å². The Hall–Kier alpha value is -0.120. The van der Waals surface area contributed by atoms with Gasteiger partial charge >= 0.3 is 0 Å². The van der Waals surface area contributed by atoms with Crippen LogP contribution in [0, 0.1) is 0 Å². The summed E-state index contributed by atoms with van der Waals surface area (Å²) in [6.07, 6.45) is 11.1. The highest BCUT2D eigenvalue weighted by atomic mass is 127. The fourth-order valence-corrected chi connectivity index (χ4v) is 3.77. The first-order chi connectivity index (χ1) is 12.8. The van der Waals surface area contributed by atoms with Crippen LogP contribution in [-0.2, 0) is 4.74 Å². The van der Waals surface area contributed by atoms with Crippen molar-refractivity contribution in [2.24, 2.45) is 4.99 Å². The van der Waals surface area contributed by atoms with Gasteiger partial charge in [-0.1, -0.05) is 25.7 Å². The van der Waals surface area contributed by atoms with E-state index in [1.807, 2.05) is 0 Å². The maximum absolute atomic E-state index is 9.55. The van der Waals surface area contributed by atoms with E-state index in [2.05, 4.69) is 27.4 Å². The zero-order valence-corrected chi connectivity index (χ0v) is 19.5. The van der Waals surface area contributed by atoms with Crippen LogP contribution in [0.1, 0.15) is 64.7 Å². The van der Waals surface area contributed by atoms with E-state index < -0.39 is 0 Å². The Labute approximate surface area is 182 Å². The van der Waals surface area contributed by atoms with E-state index in [9.17, 15) is 5.11 Å². The topological polar surface area (TPSA) is 69.1 Å². The summed E-state index contributed by atoms with van der Waals surface area (Å²) in [5.74, 6) is 0.894. The Morgan fingerprint density at radius 2 is 1.78 bits per heavy atom. The minimum atomic E-state index is -0.0889. The molecule has 0 unspecified atom stereocenters. The van der Waals surface area contributed by atoms with Crippen LogP contribution in [0.25, 0.3) is 0 Å². The molecular weight excluding hydrogens is 455 g/mol. The van der Waals surface area contributed by atoms with Gasteiger partial charge in [0.25, 0.3) is 0 Å². The molecule has 0 spiro atoms. The lowest BCUT2D eigenvalue weighted by molar-refractivity contribution is 0.0468. The molecule has 2 rings (SSSR count). The van der Waals surface area contributed by atoms with Crippen LogP contribution in [0.15, 0.2) is 4.99 Å². The molecule has 1 aliphatic heterocycles. The SMILES string of the molecule is CCNC(=NCCCN1CCC(O)CC1)NCCOC1CCCCCC1.I. The number of rotatable bonds is 9. The first-order valence-electron chi connectivity index (χ1n) is 10.8. The summed E-state index contributed by atoms with van der Waals surface area (Å²) < 4.78 is 6.03. The molecule has 6 nitrogen and oxygen atoms in total. The van der Waals surface area contributed by atoms with E-state index in [-0.39, 0.29) is 30.1 Å². The minimum Gasteiger partial charge on any atom is -0.393 e. The van der Waals surface area contributed by atoms with E-state index in [0.717, 1.165) is 71.1 Å². The van der Waals surface area contributed by atoms with Crippen molar-refractivity contribution in [1.82, 2.24) is 15.5 Å². The molecule has 1 heterocycles. The van der Waals surface area contributed by atoms with Gasteiger partial charge in [-0.3, -0.25) is 4.99 Å². The van der Waals surface area contributed by atoms with Gasteiger partial charge in [0.15, 0.2) is 5.96 Å². The maximum Gasteiger partial charge on any atom is 0.191 e. The van der Waals surface area contributed by atoms with Crippen molar-refractivity contribution in [3.63, 3.8) is 0 Å². The lowest BCUT2D eigenvalue weighted by atomic mass is 10.1. The Balaban J connectivity index is 0.00000364. The number of likely N-dealkylation sites (tertiary alicyclic amines) is 1. The molecule has 2 fully saturated rings. The van der Waals surface area contributed by atoms with E-state index in [1.165, 1.54) is 38.5 Å². The molecule has 3 N–H and O–H groups in total. The van der Waals surface area contributed by atoms with E-state index in [4.69, 9.17) is 4.74 Å². The first kappa shape index (κ1) is 24.9. The number of ether oxygens (including phenoxy) is 1. The highest BCUT2D eigenvalue weighted by Gasteiger charge is 2.16. The quantitative estimate of drug-likeness (QED) is 0.151. The van der Waals surface area contributed by atoms with Crippen LogP contribution >= 0.6 is 24.0 Å². The van der Waals surface area contributed by atoms with Gasteiger partial charge in [-0.2, -0.15) is 0 Å². The molecule has 0 radical (unpaired) electrons. The number of halogens is 1. The summed E-state index contributed by atoms with van der Waals surface area (Å²) >= 11 is 0. The van der Waals surface area contributed by atoms with Crippen molar-refractivity contribution < 1.29 is 9.84 Å². The second-order valence-electron chi connectivity index (χ2n) is 7.60. The van der Waals surface area contributed by atoms with Crippen molar-refractivity contribution in [1.29, 1.82) is 0 Å². The third-order valence-electron chi connectivity index (χ3n) is 5.35. The second kappa shape index (κ2) is 15.8. The predicted molar refractivity (Wildman–Crippen MR) is 123 cm³/mol. The molecule has 27 heavy (non-hydrogen) atoms. The number of aliphatic hydroxyl groups is 1. The molecule has 0 amide bonds. The zero-order valence-electron chi connectivity index (χ0n) is 17.1. The molecule has 160 valence electrons. The number of nitrogens with zero attached hydrogens (tertiary/aromatic N) is 2. The number of piperidine rings is 1. The van der Waals surface area contributed by atoms with Crippen LogP contribution in [0.5, 0.6) is 0 Å². The molecule has 0 aromatic heterocycles. The number of guanidine groups is 1. The first-order valence-corrected chi connectivity index (χ1v) is 10.8. The number of hydrogen-bond acceptors (Lipinski definition) is 4. The number of hydrogen-bond donors (Lipinski definition) is 3. The van der Waals surface area contributed by atoms with Crippen LogP contribution in [0.2, 0.25) is 0 Å². The summed E-state index contributed by atoms with van der Waals surface area (Å²) in [4.78, 5) is 7.11. The second-order valence-corrected chi connectivity index (χ2v) is 7.60. The van der Waals surface area contributed by atoms with Gasteiger partial charge in [-0.05, 0) is 45.6 Å². The van der Waals surface area contributed by atoms with Crippen LogP contribution in [-0.4, -0.2) is 74.0 Å². The fraction of sp³-hybridized carbons (Fsp3) is 0.950. The van der Waals surface area contributed by atoms with Gasteiger partial charge in [-0.15, -0.1) is 24.0 Å². The summed E-state index contributed by atoms with van der Waals surface area (Å²) in [7, 11) is 0. The fourth-order valence-electron chi connectivity index (χ4n) is 3.77. The summed E-state index contributed by atoms with van der Waals surface area (Å²) in [5, 5.41) is 16.3. The van der Waals surface area contributed by atoms with Gasteiger partial charge in [0, 0.05) is 32.7 Å². The average Bonchev–Trinajstić information content (AvgIpc) is 2.92. The monoisotopic (exact) mass is 496 g/mol. The molecule has 1 saturated heterocycles. The molecule has 7 heteroatoms. The molecule has 2 aliphatic rings. The summed E-state index contributed by atoms with van der Waals surface area (Å²) in [5.41, 5.74) is 0. The van der Waals surface area contributed by atoms with E-state index >= 15 is 0 Å². The van der Waals surface area contributed by atoms with Gasteiger partial charge in [0.1, 0.15) is 0 Å². The standard InChI is InChI=1S/C20H40N4O2.HI/c1-2-21-20(22-12-7-14-24-15-10-18(25)11-16-24)23-13-17-26-19-8-5-3-4-6-9-19;/h18-19,25H,2-17H2,1H3,(H2,21,22,23);1H. The van der Waals surface area contributed by atoms with Crippen molar-refractivity contribution in [3.8, 4) is 0 Å². The number of aliphatic hydroxyl groups excluding tert-OH is 1. The molecule has 0 aromatic rings. The Morgan fingerprint density at radius 1 is 1.07 bits per heavy atom. The highest BCUT2D eigenvalue weighted by molar-refractivity contribution is 14.0. The zero-order chi connectivity index (χ0) is 18.5. The van der Waals surface area contributed by atoms with E-state index in [1.54, 1.807) is 0 Å². The Bertz CT molecular complexity index is 382. The van der Waals surface area contributed by atoms with Gasteiger partial charge < -0.3 is 25.4 Å². The Kier molecular flexibility index (Phi) is 14.5. The normalized spacial score (nSPS) is 20.7. The van der Waals surface area contributed by atoms with Crippen molar-refractivity contribution >= 4 is 29.9 Å². The average molecular weight is 496 g/mol. The lowest BCUT2D eigenvalue weighted by Gasteiger charge is -2.29.